The zero-order valence-corrected chi connectivity index (χ0v) is 14.4. The first-order valence-electron chi connectivity index (χ1n) is 8.14. The molecule has 1 N–H and O–H groups in total. The highest BCUT2D eigenvalue weighted by Crippen LogP contribution is 2.36. The lowest BCUT2D eigenvalue weighted by Crippen LogP contribution is -2.24. The van der Waals surface area contributed by atoms with Gasteiger partial charge in [-0.15, -0.1) is 11.3 Å². The summed E-state index contributed by atoms with van der Waals surface area (Å²) in [6.07, 6.45) is 3.77. The highest BCUT2D eigenvalue weighted by atomic mass is 32.1. The highest BCUT2D eigenvalue weighted by Gasteiger charge is 2.32. The average Bonchev–Trinajstić information content (AvgIpc) is 3.12. The molecule has 0 aliphatic rings. The van der Waals surface area contributed by atoms with Gasteiger partial charge in [0.1, 0.15) is 5.01 Å². The number of nitrogens with zero attached hydrogens (tertiary/aromatic N) is 1. The standard InChI is InChI=1S/C22H17NOS/c24-22(18-11-5-2-6-12-18,16-15-17-9-3-1-4-10-17)21-23-19-13-7-8-14-20(19)25-21/h1-16,24H/b16-15-/t22-/m1/s1. The van der Waals surface area contributed by atoms with E-state index < -0.39 is 5.60 Å². The van der Waals surface area contributed by atoms with Gasteiger partial charge in [0.05, 0.1) is 10.2 Å². The van der Waals surface area contributed by atoms with Crippen LogP contribution in [0.15, 0.2) is 91.0 Å². The number of hydrogen-bond donors (Lipinski definition) is 1. The Morgan fingerprint density at radius 3 is 2.16 bits per heavy atom. The molecule has 4 aromatic rings. The Morgan fingerprint density at radius 1 is 0.800 bits per heavy atom. The highest BCUT2D eigenvalue weighted by molar-refractivity contribution is 7.18. The SMILES string of the molecule is O[C@](/C=C\c1ccccc1)(c1ccccc1)c1nc2ccccc2s1. The maximum atomic E-state index is 11.6. The van der Waals surface area contributed by atoms with Crippen LogP contribution >= 0.6 is 11.3 Å². The van der Waals surface area contributed by atoms with Gasteiger partial charge in [-0.05, 0) is 29.3 Å². The summed E-state index contributed by atoms with van der Waals surface area (Å²) < 4.78 is 1.07. The molecule has 1 aromatic heterocycles. The van der Waals surface area contributed by atoms with Crippen LogP contribution in [0.2, 0.25) is 0 Å². The van der Waals surface area contributed by atoms with E-state index in [-0.39, 0.29) is 0 Å². The van der Waals surface area contributed by atoms with E-state index in [9.17, 15) is 5.11 Å². The van der Waals surface area contributed by atoms with E-state index >= 15 is 0 Å². The largest absolute Gasteiger partial charge is 0.374 e. The van der Waals surface area contributed by atoms with Crippen molar-refractivity contribution >= 4 is 27.6 Å². The van der Waals surface area contributed by atoms with Gasteiger partial charge in [0.25, 0.3) is 0 Å². The molecule has 0 radical (unpaired) electrons. The number of benzene rings is 3. The lowest BCUT2D eigenvalue weighted by Gasteiger charge is -2.22. The van der Waals surface area contributed by atoms with Crippen LogP contribution in [0.5, 0.6) is 0 Å². The van der Waals surface area contributed by atoms with E-state index in [1.807, 2.05) is 97.1 Å². The van der Waals surface area contributed by atoms with E-state index in [0.29, 0.717) is 5.01 Å². The quantitative estimate of drug-likeness (QED) is 0.549. The molecule has 1 heterocycles. The fraction of sp³-hybridized carbons (Fsp3) is 0.0455. The summed E-state index contributed by atoms with van der Waals surface area (Å²) in [6, 6.07) is 27.6. The van der Waals surface area contributed by atoms with E-state index in [1.54, 1.807) is 0 Å². The molecule has 0 bridgehead atoms. The van der Waals surface area contributed by atoms with Crippen molar-refractivity contribution in [2.24, 2.45) is 0 Å². The lowest BCUT2D eigenvalue weighted by molar-refractivity contribution is 0.135. The van der Waals surface area contributed by atoms with Crippen LogP contribution in [0.3, 0.4) is 0 Å². The van der Waals surface area contributed by atoms with Gasteiger partial charge in [-0.1, -0.05) is 78.9 Å². The molecule has 0 saturated carbocycles. The zero-order valence-electron chi connectivity index (χ0n) is 13.5. The van der Waals surface area contributed by atoms with Gasteiger partial charge in [0.2, 0.25) is 0 Å². The van der Waals surface area contributed by atoms with Crippen molar-refractivity contribution in [1.82, 2.24) is 4.98 Å². The first-order chi connectivity index (χ1) is 12.3. The van der Waals surface area contributed by atoms with Gasteiger partial charge in [-0.25, -0.2) is 4.98 Å². The number of hydrogen-bond acceptors (Lipinski definition) is 3. The predicted octanol–water partition coefficient (Wildman–Crippen LogP) is 5.25. The van der Waals surface area contributed by atoms with E-state index in [0.717, 1.165) is 21.3 Å². The van der Waals surface area contributed by atoms with Gasteiger partial charge >= 0.3 is 0 Å². The summed E-state index contributed by atoms with van der Waals surface area (Å²) in [5, 5.41) is 12.3. The second kappa shape index (κ2) is 6.63. The van der Waals surface area contributed by atoms with Gasteiger partial charge in [-0.2, -0.15) is 0 Å². The van der Waals surface area contributed by atoms with Crippen molar-refractivity contribution < 1.29 is 5.11 Å². The van der Waals surface area contributed by atoms with E-state index in [1.165, 1.54) is 11.3 Å². The summed E-state index contributed by atoms with van der Waals surface area (Å²) in [5.41, 5.74) is 1.49. The number of fused-ring (bicyclic) bond motifs is 1. The predicted molar refractivity (Wildman–Crippen MR) is 105 cm³/mol. The molecule has 0 aliphatic carbocycles. The Morgan fingerprint density at radius 2 is 1.44 bits per heavy atom. The molecule has 4 rings (SSSR count). The summed E-state index contributed by atoms with van der Waals surface area (Å²) in [6.45, 7) is 0. The number of aliphatic hydroxyl groups is 1. The minimum atomic E-state index is -1.26. The molecular formula is C22H17NOS. The molecule has 0 saturated heterocycles. The molecule has 3 heteroatoms. The molecule has 0 fully saturated rings. The van der Waals surface area contributed by atoms with Crippen molar-refractivity contribution in [2.45, 2.75) is 5.60 Å². The smallest absolute Gasteiger partial charge is 0.160 e. The Kier molecular flexibility index (Phi) is 4.18. The Bertz CT molecular complexity index is 975. The lowest BCUT2D eigenvalue weighted by atomic mass is 9.93. The third kappa shape index (κ3) is 3.12. The molecule has 122 valence electrons. The third-order valence-corrected chi connectivity index (χ3v) is 5.31. The maximum absolute atomic E-state index is 11.6. The average molecular weight is 343 g/mol. The van der Waals surface area contributed by atoms with Crippen LogP contribution in [-0.4, -0.2) is 10.1 Å². The Labute approximate surface area is 150 Å². The van der Waals surface area contributed by atoms with Crippen molar-refractivity contribution in [3.05, 3.63) is 107 Å². The molecule has 0 unspecified atom stereocenters. The zero-order chi connectivity index (χ0) is 17.1. The van der Waals surface area contributed by atoms with Crippen molar-refractivity contribution in [3.8, 4) is 0 Å². The fourth-order valence-corrected chi connectivity index (χ4v) is 3.86. The monoisotopic (exact) mass is 343 g/mol. The van der Waals surface area contributed by atoms with Crippen LogP contribution in [-0.2, 0) is 5.60 Å². The second-order valence-corrected chi connectivity index (χ2v) is 6.89. The first-order valence-corrected chi connectivity index (χ1v) is 8.95. The second-order valence-electron chi connectivity index (χ2n) is 5.86. The molecule has 0 amide bonds. The number of rotatable bonds is 4. The van der Waals surface area contributed by atoms with Crippen LogP contribution in [0.25, 0.3) is 16.3 Å². The summed E-state index contributed by atoms with van der Waals surface area (Å²) >= 11 is 1.52. The first kappa shape index (κ1) is 15.8. The minimum Gasteiger partial charge on any atom is -0.374 e. The maximum Gasteiger partial charge on any atom is 0.160 e. The molecular weight excluding hydrogens is 326 g/mol. The topological polar surface area (TPSA) is 33.1 Å². The van der Waals surface area contributed by atoms with Crippen LogP contribution < -0.4 is 0 Å². The van der Waals surface area contributed by atoms with Crippen LogP contribution in [0.4, 0.5) is 0 Å². The fourth-order valence-electron chi connectivity index (χ4n) is 2.80. The summed E-state index contributed by atoms with van der Waals surface area (Å²) in [7, 11) is 0. The third-order valence-electron chi connectivity index (χ3n) is 4.15. The molecule has 0 aliphatic heterocycles. The molecule has 2 nitrogen and oxygen atoms in total. The molecule has 25 heavy (non-hydrogen) atoms. The van der Waals surface area contributed by atoms with E-state index in [4.69, 9.17) is 4.98 Å². The van der Waals surface area contributed by atoms with Gasteiger partial charge in [-0.3, -0.25) is 0 Å². The van der Waals surface area contributed by atoms with Gasteiger partial charge in [0.15, 0.2) is 5.60 Å². The molecule has 3 aromatic carbocycles. The summed E-state index contributed by atoms with van der Waals surface area (Å²) in [5.74, 6) is 0. The van der Waals surface area contributed by atoms with Crippen molar-refractivity contribution in [2.75, 3.05) is 0 Å². The summed E-state index contributed by atoms with van der Waals surface area (Å²) in [4.78, 5) is 4.69. The van der Waals surface area contributed by atoms with Crippen LogP contribution in [0.1, 0.15) is 16.1 Å². The van der Waals surface area contributed by atoms with Gasteiger partial charge < -0.3 is 5.11 Å². The number of thiazole rings is 1. The Hall–Kier alpha value is -2.75. The molecule has 1 atom stereocenters. The number of aromatic nitrogens is 1. The molecule has 0 spiro atoms. The van der Waals surface area contributed by atoms with Crippen LogP contribution in [0, 0.1) is 0 Å². The number of para-hydroxylation sites is 1. The van der Waals surface area contributed by atoms with Crippen molar-refractivity contribution in [1.29, 1.82) is 0 Å². The van der Waals surface area contributed by atoms with Crippen molar-refractivity contribution in [3.63, 3.8) is 0 Å². The normalized spacial score (nSPS) is 14.0. The minimum absolute atomic E-state index is 0.673. The van der Waals surface area contributed by atoms with Gasteiger partial charge in [0, 0.05) is 0 Å². The Balaban J connectivity index is 1.85. The van der Waals surface area contributed by atoms with E-state index in [2.05, 4.69) is 0 Å².